The van der Waals surface area contributed by atoms with Crippen LogP contribution in [0, 0.1) is 13.8 Å². The molecular formula is C16H23NO3. The molecule has 0 radical (unpaired) electrons. The molecule has 1 atom stereocenters. The van der Waals surface area contributed by atoms with Gasteiger partial charge >= 0.3 is 5.97 Å². The first-order chi connectivity index (χ1) is 9.38. The summed E-state index contributed by atoms with van der Waals surface area (Å²) in [6, 6.07) is 6.03. The van der Waals surface area contributed by atoms with Crippen LogP contribution in [0.3, 0.4) is 0 Å². The minimum absolute atomic E-state index is 0.00777. The Labute approximate surface area is 120 Å². The number of benzene rings is 1. The van der Waals surface area contributed by atoms with Crippen LogP contribution in [0.15, 0.2) is 18.2 Å². The highest BCUT2D eigenvalue weighted by atomic mass is 16.4. The zero-order valence-corrected chi connectivity index (χ0v) is 12.4. The third-order valence-electron chi connectivity index (χ3n) is 3.37. The topological polar surface area (TPSA) is 66.4 Å². The molecule has 0 saturated carbocycles. The zero-order chi connectivity index (χ0) is 15.1. The van der Waals surface area contributed by atoms with E-state index in [0.29, 0.717) is 19.3 Å². The summed E-state index contributed by atoms with van der Waals surface area (Å²) in [5.74, 6) is -0.810. The van der Waals surface area contributed by atoms with E-state index in [1.165, 1.54) is 11.1 Å². The van der Waals surface area contributed by atoms with Gasteiger partial charge in [0.05, 0.1) is 6.42 Å². The second-order valence-corrected chi connectivity index (χ2v) is 5.35. The minimum atomic E-state index is -0.793. The average molecular weight is 277 g/mol. The van der Waals surface area contributed by atoms with E-state index in [1.807, 2.05) is 39.0 Å². The van der Waals surface area contributed by atoms with E-state index in [2.05, 4.69) is 5.32 Å². The van der Waals surface area contributed by atoms with E-state index in [-0.39, 0.29) is 18.4 Å². The average Bonchev–Trinajstić information content (AvgIpc) is 2.33. The number of nitrogens with one attached hydrogen (secondary N) is 1. The van der Waals surface area contributed by atoms with Crippen molar-refractivity contribution in [2.45, 2.75) is 52.5 Å². The van der Waals surface area contributed by atoms with Crippen LogP contribution in [-0.4, -0.2) is 23.0 Å². The summed E-state index contributed by atoms with van der Waals surface area (Å²) in [5.41, 5.74) is 3.41. The number of carboxylic acid groups (broad SMARTS) is 1. The summed E-state index contributed by atoms with van der Waals surface area (Å²) in [5, 5.41) is 11.5. The highest BCUT2D eigenvalue weighted by Gasteiger charge is 2.09. The summed E-state index contributed by atoms with van der Waals surface area (Å²) >= 11 is 0. The first-order valence-electron chi connectivity index (χ1n) is 6.95. The fourth-order valence-corrected chi connectivity index (χ4v) is 2.06. The van der Waals surface area contributed by atoms with Crippen molar-refractivity contribution in [1.29, 1.82) is 0 Å². The first-order valence-corrected chi connectivity index (χ1v) is 6.95. The van der Waals surface area contributed by atoms with Crippen molar-refractivity contribution in [3.63, 3.8) is 0 Å². The Morgan fingerprint density at radius 1 is 1.25 bits per heavy atom. The molecule has 4 heteroatoms. The van der Waals surface area contributed by atoms with Gasteiger partial charge in [-0.2, -0.15) is 0 Å². The van der Waals surface area contributed by atoms with Crippen molar-refractivity contribution >= 4 is 11.9 Å². The Kier molecular flexibility index (Phi) is 6.22. The minimum Gasteiger partial charge on any atom is -0.481 e. The van der Waals surface area contributed by atoms with Gasteiger partial charge in [0.2, 0.25) is 5.91 Å². The molecule has 2 N–H and O–H groups in total. The number of carboxylic acids is 1. The summed E-state index contributed by atoms with van der Waals surface area (Å²) in [7, 11) is 0. The van der Waals surface area contributed by atoms with Crippen molar-refractivity contribution < 1.29 is 14.7 Å². The van der Waals surface area contributed by atoms with Gasteiger partial charge in [0.25, 0.3) is 0 Å². The molecule has 1 amide bonds. The summed E-state index contributed by atoms with van der Waals surface area (Å²) in [4.78, 5) is 22.3. The van der Waals surface area contributed by atoms with Gasteiger partial charge in [-0.15, -0.1) is 0 Å². The zero-order valence-electron chi connectivity index (χ0n) is 12.4. The summed E-state index contributed by atoms with van der Waals surface area (Å²) in [6.45, 7) is 5.98. The predicted molar refractivity (Wildman–Crippen MR) is 78.7 cm³/mol. The van der Waals surface area contributed by atoms with Gasteiger partial charge in [-0.05, 0) is 50.3 Å². The second kappa shape index (κ2) is 7.68. The number of carbonyl (C=O) groups is 2. The fraction of sp³-hybridized carbons (Fsp3) is 0.500. The van der Waals surface area contributed by atoms with Gasteiger partial charge < -0.3 is 10.4 Å². The molecule has 1 unspecified atom stereocenters. The normalized spacial score (nSPS) is 11.9. The number of amides is 1. The lowest BCUT2D eigenvalue weighted by Crippen LogP contribution is -2.33. The van der Waals surface area contributed by atoms with E-state index in [4.69, 9.17) is 5.11 Å². The molecule has 1 aromatic rings. The Morgan fingerprint density at radius 2 is 1.95 bits per heavy atom. The lowest BCUT2D eigenvalue weighted by atomic mass is 10.0. The van der Waals surface area contributed by atoms with Gasteiger partial charge in [-0.25, -0.2) is 0 Å². The molecule has 20 heavy (non-hydrogen) atoms. The Balaban J connectivity index is 2.38. The van der Waals surface area contributed by atoms with Gasteiger partial charge in [0, 0.05) is 12.5 Å². The lowest BCUT2D eigenvalue weighted by Gasteiger charge is -2.13. The fourth-order valence-electron chi connectivity index (χ4n) is 2.06. The van der Waals surface area contributed by atoms with Crippen LogP contribution in [0.2, 0.25) is 0 Å². The van der Waals surface area contributed by atoms with Crippen LogP contribution in [0.25, 0.3) is 0 Å². The number of aryl methyl sites for hydroxylation is 2. The second-order valence-electron chi connectivity index (χ2n) is 5.35. The van der Waals surface area contributed by atoms with E-state index in [9.17, 15) is 9.59 Å². The molecule has 0 heterocycles. The first kappa shape index (κ1) is 16.2. The Hall–Kier alpha value is -1.84. The molecule has 0 bridgehead atoms. The number of rotatable bonds is 7. The van der Waals surface area contributed by atoms with Crippen LogP contribution in [0.4, 0.5) is 0 Å². The number of aliphatic carboxylic acids is 1. The van der Waals surface area contributed by atoms with Crippen LogP contribution < -0.4 is 5.32 Å². The SMILES string of the molecule is Cc1ccc(CC(=O)NC(C)CCCC(=O)O)cc1C. The van der Waals surface area contributed by atoms with Crippen LogP contribution in [0.1, 0.15) is 42.9 Å². The largest absolute Gasteiger partial charge is 0.481 e. The van der Waals surface area contributed by atoms with Gasteiger partial charge in [-0.3, -0.25) is 9.59 Å². The third-order valence-corrected chi connectivity index (χ3v) is 3.37. The van der Waals surface area contributed by atoms with Crippen molar-refractivity contribution in [1.82, 2.24) is 5.32 Å². The molecule has 0 saturated heterocycles. The van der Waals surface area contributed by atoms with Crippen LogP contribution in [0.5, 0.6) is 0 Å². The molecule has 4 nitrogen and oxygen atoms in total. The van der Waals surface area contributed by atoms with Crippen molar-refractivity contribution in [2.75, 3.05) is 0 Å². The van der Waals surface area contributed by atoms with Gasteiger partial charge in [0.15, 0.2) is 0 Å². The number of hydrogen-bond acceptors (Lipinski definition) is 2. The molecule has 0 aromatic heterocycles. The van der Waals surface area contributed by atoms with E-state index >= 15 is 0 Å². The lowest BCUT2D eigenvalue weighted by molar-refractivity contribution is -0.137. The predicted octanol–water partition coefficient (Wildman–Crippen LogP) is 2.61. The maximum absolute atomic E-state index is 11.9. The molecule has 0 spiro atoms. The van der Waals surface area contributed by atoms with E-state index in [0.717, 1.165) is 5.56 Å². The maximum Gasteiger partial charge on any atom is 0.303 e. The number of carbonyl (C=O) groups excluding carboxylic acids is 1. The molecule has 0 aliphatic heterocycles. The molecule has 1 aromatic carbocycles. The molecule has 0 aliphatic rings. The van der Waals surface area contributed by atoms with E-state index in [1.54, 1.807) is 0 Å². The van der Waals surface area contributed by atoms with Crippen molar-refractivity contribution in [3.8, 4) is 0 Å². The third kappa shape index (κ3) is 5.87. The van der Waals surface area contributed by atoms with Crippen LogP contribution >= 0.6 is 0 Å². The molecule has 1 rings (SSSR count). The van der Waals surface area contributed by atoms with Crippen molar-refractivity contribution in [3.05, 3.63) is 34.9 Å². The van der Waals surface area contributed by atoms with Gasteiger partial charge in [-0.1, -0.05) is 18.2 Å². The highest BCUT2D eigenvalue weighted by molar-refractivity contribution is 5.78. The monoisotopic (exact) mass is 277 g/mol. The summed E-state index contributed by atoms with van der Waals surface area (Å²) < 4.78 is 0. The highest BCUT2D eigenvalue weighted by Crippen LogP contribution is 2.10. The molecule has 0 fully saturated rings. The smallest absolute Gasteiger partial charge is 0.303 e. The van der Waals surface area contributed by atoms with Crippen LogP contribution in [-0.2, 0) is 16.0 Å². The van der Waals surface area contributed by atoms with Crippen molar-refractivity contribution in [2.24, 2.45) is 0 Å². The van der Waals surface area contributed by atoms with E-state index < -0.39 is 5.97 Å². The Morgan fingerprint density at radius 3 is 2.55 bits per heavy atom. The number of hydrogen-bond donors (Lipinski definition) is 2. The standard InChI is InChI=1S/C16H23NO3/c1-11-7-8-14(9-12(11)2)10-15(18)17-13(3)5-4-6-16(19)20/h7-9,13H,4-6,10H2,1-3H3,(H,17,18)(H,19,20). The Bertz CT molecular complexity index is 483. The quantitative estimate of drug-likeness (QED) is 0.805. The van der Waals surface area contributed by atoms with Gasteiger partial charge in [0.1, 0.15) is 0 Å². The maximum atomic E-state index is 11.9. The molecular weight excluding hydrogens is 254 g/mol. The molecule has 0 aliphatic carbocycles. The molecule has 110 valence electrons. The summed E-state index contributed by atoms with van der Waals surface area (Å²) in [6.07, 6.45) is 1.78.